The van der Waals surface area contributed by atoms with Gasteiger partial charge in [0.2, 0.25) is 0 Å². The molecule has 0 bridgehead atoms. The van der Waals surface area contributed by atoms with Crippen LogP contribution in [0.5, 0.6) is 11.5 Å². The van der Waals surface area contributed by atoms with Crippen molar-refractivity contribution in [2.45, 2.75) is 19.9 Å². The van der Waals surface area contributed by atoms with Gasteiger partial charge in [0.05, 0.1) is 11.2 Å². The van der Waals surface area contributed by atoms with E-state index >= 15 is 0 Å². The van der Waals surface area contributed by atoms with E-state index in [1.54, 1.807) is 24.4 Å². The van der Waals surface area contributed by atoms with Crippen molar-refractivity contribution >= 4 is 23.2 Å². The van der Waals surface area contributed by atoms with E-state index in [1.165, 1.54) is 0 Å². The third kappa shape index (κ3) is 4.37. The summed E-state index contributed by atoms with van der Waals surface area (Å²) in [6, 6.07) is 7.05. The molecule has 1 N–H and O–H groups in total. The quantitative estimate of drug-likeness (QED) is 0.787. The number of hydrogen-bond donors (Lipinski definition) is 1. The summed E-state index contributed by atoms with van der Waals surface area (Å²) in [6.07, 6.45) is 4.57. The lowest BCUT2D eigenvalue weighted by molar-refractivity contribution is 0.479. The maximum Gasteiger partial charge on any atom is 0.147 e. The molecule has 1 aromatic carbocycles. The van der Waals surface area contributed by atoms with E-state index in [9.17, 15) is 0 Å². The topological polar surface area (TPSA) is 34.2 Å². The van der Waals surface area contributed by atoms with Crippen molar-refractivity contribution < 1.29 is 4.74 Å². The highest BCUT2D eigenvalue weighted by molar-refractivity contribution is 6.34. The summed E-state index contributed by atoms with van der Waals surface area (Å²) in [4.78, 5) is 4.17. The van der Waals surface area contributed by atoms with Crippen LogP contribution in [-0.4, -0.2) is 11.5 Å². The third-order valence-electron chi connectivity index (χ3n) is 2.65. The molecule has 1 aromatic heterocycles. The zero-order valence-corrected chi connectivity index (χ0v) is 12.7. The zero-order chi connectivity index (χ0) is 14.4. The molecule has 2 aromatic rings. The smallest absolute Gasteiger partial charge is 0.147 e. The van der Waals surface area contributed by atoms with Crippen molar-refractivity contribution in [1.29, 1.82) is 0 Å². The summed E-state index contributed by atoms with van der Waals surface area (Å²) in [6.45, 7) is 3.87. The summed E-state index contributed by atoms with van der Waals surface area (Å²) in [5, 5.41) is 4.42. The van der Waals surface area contributed by atoms with Crippen LogP contribution in [0.3, 0.4) is 0 Å². The maximum atomic E-state index is 6.07. The molecule has 0 atom stereocenters. The molecule has 0 radical (unpaired) electrons. The molecule has 0 aliphatic carbocycles. The van der Waals surface area contributed by atoms with Gasteiger partial charge in [-0.1, -0.05) is 30.1 Å². The van der Waals surface area contributed by atoms with E-state index in [-0.39, 0.29) is 0 Å². The molecule has 5 heteroatoms. The molecule has 0 amide bonds. The SMILES string of the molecule is CCCNCc1cncc(Oc2cc(Cl)ccc2Cl)c1. The normalized spacial score (nSPS) is 10.6. The molecule has 0 aliphatic heterocycles. The maximum absolute atomic E-state index is 6.07. The Hall–Kier alpha value is -1.29. The Morgan fingerprint density at radius 1 is 1.20 bits per heavy atom. The molecule has 0 spiro atoms. The molecule has 3 nitrogen and oxygen atoms in total. The fraction of sp³-hybridized carbons (Fsp3) is 0.267. The van der Waals surface area contributed by atoms with Crippen LogP contribution in [0.4, 0.5) is 0 Å². The Bertz CT molecular complexity index is 576. The first-order valence-corrected chi connectivity index (χ1v) is 7.22. The fourth-order valence-corrected chi connectivity index (χ4v) is 2.03. The Morgan fingerprint density at radius 3 is 2.85 bits per heavy atom. The van der Waals surface area contributed by atoms with Crippen molar-refractivity contribution in [2.75, 3.05) is 6.54 Å². The van der Waals surface area contributed by atoms with Gasteiger partial charge in [-0.2, -0.15) is 0 Å². The Kier molecular flexibility index (Phi) is 5.65. The van der Waals surface area contributed by atoms with Crippen LogP contribution in [0.1, 0.15) is 18.9 Å². The van der Waals surface area contributed by atoms with E-state index in [4.69, 9.17) is 27.9 Å². The summed E-state index contributed by atoms with van der Waals surface area (Å²) < 4.78 is 5.73. The van der Waals surface area contributed by atoms with Crippen LogP contribution in [-0.2, 0) is 6.54 Å². The Morgan fingerprint density at radius 2 is 2.05 bits per heavy atom. The molecule has 0 saturated carbocycles. The van der Waals surface area contributed by atoms with Gasteiger partial charge < -0.3 is 10.1 Å². The van der Waals surface area contributed by atoms with E-state index in [1.807, 2.05) is 12.3 Å². The first-order chi connectivity index (χ1) is 9.69. The molecule has 2 rings (SSSR count). The van der Waals surface area contributed by atoms with Gasteiger partial charge in [-0.15, -0.1) is 0 Å². The predicted octanol–water partition coefficient (Wildman–Crippen LogP) is 4.68. The molecule has 106 valence electrons. The van der Waals surface area contributed by atoms with Crippen molar-refractivity contribution in [3.8, 4) is 11.5 Å². The number of hydrogen-bond acceptors (Lipinski definition) is 3. The molecule has 20 heavy (non-hydrogen) atoms. The summed E-state index contributed by atoms with van der Waals surface area (Å²) in [7, 11) is 0. The number of aromatic nitrogens is 1. The summed E-state index contributed by atoms with van der Waals surface area (Å²) in [5.41, 5.74) is 1.06. The second-order valence-corrected chi connectivity index (χ2v) is 5.23. The number of ether oxygens (including phenoxy) is 1. The number of nitrogens with one attached hydrogen (secondary N) is 1. The van der Waals surface area contributed by atoms with Crippen molar-refractivity contribution in [2.24, 2.45) is 0 Å². The van der Waals surface area contributed by atoms with Crippen LogP contribution < -0.4 is 10.1 Å². The monoisotopic (exact) mass is 310 g/mol. The molecular weight excluding hydrogens is 295 g/mol. The minimum absolute atomic E-state index is 0.518. The zero-order valence-electron chi connectivity index (χ0n) is 11.2. The third-order valence-corrected chi connectivity index (χ3v) is 3.19. The van der Waals surface area contributed by atoms with E-state index < -0.39 is 0 Å². The van der Waals surface area contributed by atoms with Gasteiger partial charge >= 0.3 is 0 Å². The van der Waals surface area contributed by atoms with Crippen molar-refractivity contribution in [3.63, 3.8) is 0 Å². The molecule has 0 aliphatic rings. The van der Waals surface area contributed by atoms with Gasteiger partial charge in [0.15, 0.2) is 0 Å². The first kappa shape index (κ1) is 15.1. The number of pyridine rings is 1. The van der Waals surface area contributed by atoms with Crippen LogP contribution in [0.2, 0.25) is 10.0 Å². The highest BCUT2D eigenvalue weighted by Crippen LogP contribution is 2.31. The lowest BCUT2D eigenvalue weighted by Crippen LogP contribution is -2.13. The van der Waals surface area contributed by atoms with Crippen LogP contribution >= 0.6 is 23.2 Å². The summed E-state index contributed by atoms with van der Waals surface area (Å²) in [5.74, 6) is 1.17. The number of nitrogens with zero attached hydrogens (tertiary/aromatic N) is 1. The van der Waals surface area contributed by atoms with Crippen LogP contribution in [0, 0.1) is 0 Å². The molecule has 0 fully saturated rings. The van der Waals surface area contributed by atoms with Gasteiger partial charge in [-0.3, -0.25) is 4.98 Å². The standard InChI is InChI=1S/C15H16Cl2N2O/c1-2-5-18-8-11-6-13(10-19-9-11)20-15-7-12(16)3-4-14(15)17/h3-4,6-7,9-10,18H,2,5,8H2,1H3. The number of benzene rings is 1. The lowest BCUT2D eigenvalue weighted by Gasteiger charge is -2.09. The minimum atomic E-state index is 0.518. The first-order valence-electron chi connectivity index (χ1n) is 6.46. The second-order valence-electron chi connectivity index (χ2n) is 4.38. The van der Waals surface area contributed by atoms with Gasteiger partial charge in [0.25, 0.3) is 0 Å². The van der Waals surface area contributed by atoms with E-state index in [0.717, 1.165) is 25.1 Å². The van der Waals surface area contributed by atoms with Gasteiger partial charge in [0, 0.05) is 23.8 Å². The van der Waals surface area contributed by atoms with Gasteiger partial charge in [-0.25, -0.2) is 0 Å². The molecule has 0 saturated heterocycles. The Labute approximate surface area is 128 Å². The van der Waals surface area contributed by atoms with Crippen LogP contribution in [0.25, 0.3) is 0 Å². The molecule has 1 heterocycles. The van der Waals surface area contributed by atoms with Crippen LogP contribution in [0.15, 0.2) is 36.7 Å². The van der Waals surface area contributed by atoms with Crippen molar-refractivity contribution in [3.05, 3.63) is 52.3 Å². The van der Waals surface area contributed by atoms with E-state index in [0.29, 0.717) is 21.5 Å². The highest BCUT2D eigenvalue weighted by Gasteiger charge is 2.05. The Balaban J connectivity index is 2.09. The summed E-state index contributed by atoms with van der Waals surface area (Å²) >= 11 is 12.0. The average molecular weight is 311 g/mol. The largest absolute Gasteiger partial charge is 0.454 e. The average Bonchev–Trinajstić information content (AvgIpc) is 2.44. The predicted molar refractivity (Wildman–Crippen MR) is 82.8 cm³/mol. The molecular formula is C15H16Cl2N2O. The lowest BCUT2D eigenvalue weighted by atomic mass is 10.2. The fourth-order valence-electron chi connectivity index (χ4n) is 1.71. The highest BCUT2D eigenvalue weighted by atomic mass is 35.5. The van der Waals surface area contributed by atoms with E-state index in [2.05, 4.69) is 17.2 Å². The van der Waals surface area contributed by atoms with Gasteiger partial charge in [0.1, 0.15) is 11.5 Å². The van der Waals surface area contributed by atoms with Crippen molar-refractivity contribution in [1.82, 2.24) is 10.3 Å². The van der Waals surface area contributed by atoms with Gasteiger partial charge in [-0.05, 0) is 36.7 Å². The number of halogens is 2. The second kappa shape index (κ2) is 7.48. The minimum Gasteiger partial charge on any atom is -0.454 e. The number of rotatable bonds is 6. The molecule has 0 unspecified atom stereocenters.